The average Bonchev–Trinajstić information content (AvgIpc) is 3.13. The molecule has 0 spiro atoms. The lowest BCUT2D eigenvalue weighted by molar-refractivity contribution is 0.0376. The van der Waals surface area contributed by atoms with Crippen LogP contribution in [0, 0.1) is 0 Å². The summed E-state index contributed by atoms with van der Waals surface area (Å²) in [6, 6.07) is 14.0. The van der Waals surface area contributed by atoms with Crippen LogP contribution in [0.3, 0.4) is 0 Å². The van der Waals surface area contributed by atoms with E-state index in [1.54, 1.807) is 42.5 Å². The second-order valence-electron chi connectivity index (χ2n) is 7.74. The fourth-order valence-corrected chi connectivity index (χ4v) is 4.13. The van der Waals surface area contributed by atoms with Crippen LogP contribution in [0.25, 0.3) is 0 Å². The number of halogens is 1. The summed E-state index contributed by atoms with van der Waals surface area (Å²) >= 11 is 0. The molecule has 1 saturated heterocycles. The maximum Gasteiger partial charge on any atom is 0.343 e. The van der Waals surface area contributed by atoms with Crippen LogP contribution in [-0.4, -0.2) is 53.6 Å². The highest BCUT2D eigenvalue weighted by Crippen LogP contribution is 2.28. The second kappa shape index (κ2) is 8.33. The number of likely N-dealkylation sites (tertiary alicyclic amines) is 1. The van der Waals surface area contributed by atoms with Gasteiger partial charge in [0.2, 0.25) is 0 Å². The number of hydrogen-bond donors (Lipinski definition) is 0. The van der Waals surface area contributed by atoms with Gasteiger partial charge in [0.05, 0.1) is 5.56 Å². The summed E-state index contributed by atoms with van der Waals surface area (Å²) in [7, 11) is 0. The molecule has 152 valence electrons. The summed E-state index contributed by atoms with van der Waals surface area (Å²) in [5, 5.41) is 0. The lowest BCUT2D eigenvalue weighted by atomic mass is 9.98. The maximum atomic E-state index is 14.8. The molecule has 0 saturated carbocycles. The van der Waals surface area contributed by atoms with Gasteiger partial charge in [-0.15, -0.1) is 0 Å². The van der Waals surface area contributed by atoms with Gasteiger partial charge in [0, 0.05) is 31.1 Å². The lowest BCUT2D eigenvalue weighted by Crippen LogP contribution is -2.47. The van der Waals surface area contributed by atoms with Gasteiger partial charge in [0.1, 0.15) is 5.75 Å². The minimum Gasteiger partial charge on any atom is -0.423 e. The van der Waals surface area contributed by atoms with Crippen molar-refractivity contribution in [2.24, 2.45) is 0 Å². The summed E-state index contributed by atoms with van der Waals surface area (Å²) in [5.74, 6) is -0.464. The predicted molar refractivity (Wildman–Crippen MR) is 108 cm³/mol. The number of hydrogen-bond acceptors (Lipinski definition) is 4. The number of esters is 1. The van der Waals surface area contributed by atoms with E-state index in [9.17, 15) is 14.0 Å². The van der Waals surface area contributed by atoms with Gasteiger partial charge >= 0.3 is 5.97 Å². The summed E-state index contributed by atoms with van der Waals surface area (Å²) in [5.41, 5.74) is 1.49. The zero-order valence-corrected chi connectivity index (χ0v) is 16.5. The molecule has 2 aliphatic rings. The molecule has 2 heterocycles. The molecule has 2 atom stereocenters. The van der Waals surface area contributed by atoms with Crippen LogP contribution >= 0.6 is 0 Å². The van der Waals surface area contributed by atoms with Gasteiger partial charge in [-0.05, 0) is 62.2 Å². The molecule has 2 aliphatic heterocycles. The topological polar surface area (TPSA) is 49.9 Å². The number of nitrogens with zero attached hydrogens (tertiary/aromatic N) is 2. The summed E-state index contributed by atoms with van der Waals surface area (Å²) in [6.45, 7) is 4.25. The van der Waals surface area contributed by atoms with Crippen molar-refractivity contribution in [2.75, 3.05) is 19.6 Å². The number of rotatable bonds is 5. The third-order valence-corrected chi connectivity index (χ3v) is 5.83. The van der Waals surface area contributed by atoms with Crippen molar-refractivity contribution in [3.05, 3.63) is 65.2 Å². The molecule has 1 unspecified atom stereocenters. The van der Waals surface area contributed by atoms with Crippen LogP contribution in [0.5, 0.6) is 5.75 Å². The van der Waals surface area contributed by atoms with Gasteiger partial charge in [-0.25, -0.2) is 9.18 Å². The smallest absolute Gasteiger partial charge is 0.343 e. The molecular formula is C23H25FN2O3. The predicted octanol–water partition coefficient (Wildman–Crippen LogP) is 3.68. The number of carbonyl (C=O) groups excluding carboxylic acids is 2. The Labute approximate surface area is 170 Å². The largest absolute Gasteiger partial charge is 0.423 e. The zero-order valence-electron chi connectivity index (χ0n) is 16.5. The SMILES string of the molecule is CC1CCCN1CCN1C(=O)c2ccc(OC(=O)c3ccccc3)cc2C[C@H]1F. The van der Waals surface area contributed by atoms with Gasteiger partial charge in [-0.1, -0.05) is 18.2 Å². The molecule has 0 aromatic heterocycles. The molecule has 1 fully saturated rings. The van der Waals surface area contributed by atoms with E-state index in [2.05, 4.69) is 11.8 Å². The maximum absolute atomic E-state index is 14.8. The Bertz CT molecular complexity index is 902. The van der Waals surface area contributed by atoms with Crippen LogP contribution in [0.1, 0.15) is 46.0 Å². The van der Waals surface area contributed by atoms with Crippen LogP contribution in [0.15, 0.2) is 48.5 Å². The Hall–Kier alpha value is -2.73. The molecule has 2 aromatic rings. The van der Waals surface area contributed by atoms with Crippen LogP contribution in [0.4, 0.5) is 4.39 Å². The number of fused-ring (bicyclic) bond motifs is 1. The Kier molecular flexibility index (Phi) is 5.62. The molecule has 6 heteroatoms. The average molecular weight is 396 g/mol. The van der Waals surface area contributed by atoms with E-state index >= 15 is 0 Å². The van der Waals surface area contributed by atoms with Crippen LogP contribution < -0.4 is 4.74 Å². The van der Waals surface area contributed by atoms with E-state index in [0.717, 1.165) is 19.4 Å². The van der Waals surface area contributed by atoms with Crippen molar-refractivity contribution in [2.45, 2.75) is 38.5 Å². The van der Waals surface area contributed by atoms with Crippen molar-refractivity contribution >= 4 is 11.9 Å². The Morgan fingerprint density at radius 3 is 2.69 bits per heavy atom. The molecule has 0 radical (unpaired) electrons. The van der Waals surface area contributed by atoms with Gasteiger partial charge < -0.3 is 9.64 Å². The zero-order chi connectivity index (χ0) is 20.4. The molecule has 5 nitrogen and oxygen atoms in total. The number of amides is 1. The molecular weight excluding hydrogens is 371 g/mol. The summed E-state index contributed by atoms with van der Waals surface area (Å²) in [4.78, 5) is 28.7. The van der Waals surface area contributed by atoms with E-state index in [1.165, 1.54) is 4.90 Å². The number of ether oxygens (including phenoxy) is 1. The molecule has 29 heavy (non-hydrogen) atoms. The first-order chi connectivity index (χ1) is 14.0. The lowest BCUT2D eigenvalue weighted by Gasteiger charge is -2.34. The van der Waals surface area contributed by atoms with Gasteiger partial charge in [0.25, 0.3) is 5.91 Å². The third kappa shape index (κ3) is 4.17. The molecule has 0 aliphatic carbocycles. The van der Waals surface area contributed by atoms with Gasteiger partial charge in [-0.3, -0.25) is 9.69 Å². The fraction of sp³-hybridized carbons (Fsp3) is 0.391. The first-order valence-corrected chi connectivity index (χ1v) is 10.1. The highest BCUT2D eigenvalue weighted by molar-refractivity contribution is 5.97. The van der Waals surface area contributed by atoms with E-state index in [0.29, 0.717) is 41.6 Å². The molecule has 0 bridgehead atoms. The van der Waals surface area contributed by atoms with Crippen molar-refractivity contribution in [1.82, 2.24) is 9.80 Å². The molecule has 0 N–H and O–H groups in total. The fourth-order valence-electron chi connectivity index (χ4n) is 4.13. The molecule has 2 aromatic carbocycles. The van der Waals surface area contributed by atoms with Gasteiger partial charge in [-0.2, -0.15) is 0 Å². The Morgan fingerprint density at radius 1 is 1.17 bits per heavy atom. The van der Waals surface area contributed by atoms with Crippen molar-refractivity contribution in [3.8, 4) is 5.75 Å². The molecule has 4 rings (SSSR count). The normalized spacial score (nSPS) is 21.9. The highest BCUT2D eigenvalue weighted by Gasteiger charge is 2.33. The number of benzene rings is 2. The van der Waals surface area contributed by atoms with Crippen LogP contribution in [0.2, 0.25) is 0 Å². The first kappa shape index (κ1) is 19.6. The van der Waals surface area contributed by atoms with Gasteiger partial charge in [0.15, 0.2) is 6.30 Å². The number of alkyl halides is 1. The van der Waals surface area contributed by atoms with Crippen molar-refractivity contribution < 1.29 is 18.7 Å². The second-order valence-corrected chi connectivity index (χ2v) is 7.74. The van der Waals surface area contributed by atoms with E-state index < -0.39 is 12.3 Å². The van der Waals surface area contributed by atoms with E-state index in [1.807, 2.05) is 6.07 Å². The molecule has 1 amide bonds. The standard InChI is InChI=1S/C23H25FN2O3/c1-16-6-5-11-25(16)12-13-26-21(24)15-18-14-19(9-10-20(18)22(26)27)29-23(28)17-7-3-2-4-8-17/h2-4,7-10,14,16,21H,5-6,11-13,15H2,1H3/t16?,21-/m0/s1. The highest BCUT2D eigenvalue weighted by atomic mass is 19.1. The number of carbonyl (C=O) groups is 2. The van der Waals surface area contributed by atoms with E-state index in [-0.39, 0.29) is 12.3 Å². The summed E-state index contributed by atoms with van der Waals surface area (Å²) in [6.07, 6.45) is 1.04. The van der Waals surface area contributed by atoms with E-state index in [4.69, 9.17) is 4.74 Å². The van der Waals surface area contributed by atoms with Crippen LogP contribution in [-0.2, 0) is 6.42 Å². The van der Waals surface area contributed by atoms with Crippen molar-refractivity contribution in [1.29, 1.82) is 0 Å². The van der Waals surface area contributed by atoms with Crippen molar-refractivity contribution in [3.63, 3.8) is 0 Å². The first-order valence-electron chi connectivity index (χ1n) is 10.1. The third-order valence-electron chi connectivity index (χ3n) is 5.83. The quantitative estimate of drug-likeness (QED) is 0.439. The Balaban J connectivity index is 1.45. The minimum atomic E-state index is -1.37. The monoisotopic (exact) mass is 396 g/mol. The summed E-state index contributed by atoms with van der Waals surface area (Å²) < 4.78 is 20.2. The Morgan fingerprint density at radius 2 is 1.97 bits per heavy atom. The minimum absolute atomic E-state index is 0.105.